The third-order valence-corrected chi connectivity index (χ3v) is 3.75. The van der Waals surface area contributed by atoms with Gasteiger partial charge in [-0.05, 0) is 35.6 Å². The first-order valence-electron chi connectivity index (χ1n) is 7.06. The van der Waals surface area contributed by atoms with Crippen molar-refractivity contribution in [1.29, 1.82) is 0 Å². The molecule has 22 heavy (non-hydrogen) atoms. The van der Waals surface area contributed by atoms with Crippen LogP contribution in [0.15, 0.2) is 30.3 Å². The molecule has 1 unspecified atom stereocenters. The summed E-state index contributed by atoms with van der Waals surface area (Å²) in [7, 11) is 4.61. The van der Waals surface area contributed by atoms with E-state index in [1.165, 1.54) is 7.11 Å². The Morgan fingerprint density at radius 2 is 1.86 bits per heavy atom. The summed E-state index contributed by atoms with van der Waals surface area (Å²) in [4.78, 5) is 11.8. The number of nitrogens with two attached hydrogens (primary N) is 1. The maximum Gasteiger partial charge on any atom is 0.310 e. The maximum absolute atomic E-state index is 11.8. The molecule has 2 N–H and O–H groups in total. The van der Waals surface area contributed by atoms with Crippen molar-refractivity contribution in [3.05, 3.63) is 35.9 Å². The van der Waals surface area contributed by atoms with Gasteiger partial charge in [-0.3, -0.25) is 4.79 Å². The molecule has 0 aromatic heterocycles. The van der Waals surface area contributed by atoms with Gasteiger partial charge in [0.2, 0.25) is 0 Å². The SMILES string of the molecule is COC(=O)C(CN)Cc1cc2c(OC)cccc2cc1OC. The number of esters is 1. The Hall–Kier alpha value is -2.27. The molecule has 0 aliphatic carbocycles. The third kappa shape index (κ3) is 3.14. The van der Waals surface area contributed by atoms with Crippen LogP contribution in [0.4, 0.5) is 0 Å². The van der Waals surface area contributed by atoms with E-state index in [-0.39, 0.29) is 12.5 Å². The summed E-state index contributed by atoms with van der Waals surface area (Å²) in [5, 5.41) is 1.99. The molecule has 0 amide bonds. The fraction of sp³-hybridized carbons (Fsp3) is 0.353. The summed E-state index contributed by atoms with van der Waals surface area (Å²) in [6.45, 7) is 0.222. The second-order valence-electron chi connectivity index (χ2n) is 5.01. The lowest BCUT2D eigenvalue weighted by Crippen LogP contribution is -2.27. The van der Waals surface area contributed by atoms with Crippen LogP contribution in [0.1, 0.15) is 5.56 Å². The zero-order valence-electron chi connectivity index (χ0n) is 13.1. The first kappa shape index (κ1) is 16.1. The van der Waals surface area contributed by atoms with Gasteiger partial charge >= 0.3 is 5.97 Å². The first-order chi connectivity index (χ1) is 10.6. The topological polar surface area (TPSA) is 70.8 Å². The second kappa shape index (κ2) is 7.13. The van der Waals surface area contributed by atoms with Crippen LogP contribution >= 0.6 is 0 Å². The van der Waals surface area contributed by atoms with Crippen molar-refractivity contribution >= 4 is 16.7 Å². The van der Waals surface area contributed by atoms with Crippen molar-refractivity contribution in [3.8, 4) is 11.5 Å². The van der Waals surface area contributed by atoms with Gasteiger partial charge in [-0.25, -0.2) is 0 Å². The van der Waals surface area contributed by atoms with E-state index >= 15 is 0 Å². The molecule has 2 rings (SSSR count). The van der Waals surface area contributed by atoms with Crippen LogP contribution in [-0.2, 0) is 16.0 Å². The summed E-state index contributed by atoms with van der Waals surface area (Å²) >= 11 is 0. The fourth-order valence-corrected chi connectivity index (χ4v) is 2.54. The molecule has 1 atom stereocenters. The van der Waals surface area contributed by atoms with Crippen LogP contribution in [0.2, 0.25) is 0 Å². The van der Waals surface area contributed by atoms with Gasteiger partial charge < -0.3 is 19.9 Å². The third-order valence-electron chi connectivity index (χ3n) is 3.75. The highest BCUT2D eigenvalue weighted by Gasteiger charge is 2.20. The molecule has 0 radical (unpaired) electrons. The minimum atomic E-state index is -0.397. The van der Waals surface area contributed by atoms with Crippen molar-refractivity contribution in [1.82, 2.24) is 0 Å². The lowest BCUT2D eigenvalue weighted by atomic mass is 9.96. The van der Waals surface area contributed by atoms with E-state index in [1.807, 2.05) is 30.3 Å². The quantitative estimate of drug-likeness (QED) is 0.828. The zero-order valence-corrected chi connectivity index (χ0v) is 13.1. The van der Waals surface area contributed by atoms with Crippen LogP contribution in [-0.4, -0.2) is 33.8 Å². The fourth-order valence-electron chi connectivity index (χ4n) is 2.54. The predicted molar refractivity (Wildman–Crippen MR) is 85.3 cm³/mol. The van der Waals surface area contributed by atoms with Gasteiger partial charge in [-0.15, -0.1) is 0 Å². The Labute approximate surface area is 130 Å². The second-order valence-corrected chi connectivity index (χ2v) is 5.01. The lowest BCUT2D eigenvalue weighted by molar-refractivity contribution is -0.145. The van der Waals surface area contributed by atoms with Crippen LogP contribution in [0.5, 0.6) is 11.5 Å². The molecule has 0 bridgehead atoms. The molecule has 2 aromatic carbocycles. The molecule has 0 saturated heterocycles. The number of hydrogen-bond acceptors (Lipinski definition) is 5. The molecule has 118 valence electrons. The lowest BCUT2D eigenvalue weighted by Gasteiger charge is -2.16. The Bertz CT molecular complexity index is 669. The molecule has 0 fully saturated rings. The van der Waals surface area contributed by atoms with Gasteiger partial charge in [-0.2, -0.15) is 0 Å². The monoisotopic (exact) mass is 303 g/mol. The summed E-state index contributed by atoms with van der Waals surface area (Å²) in [6.07, 6.45) is 0.459. The largest absolute Gasteiger partial charge is 0.496 e. The number of benzene rings is 2. The van der Waals surface area contributed by atoms with Gasteiger partial charge in [-0.1, -0.05) is 12.1 Å². The van der Waals surface area contributed by atoms with E-state index in [0.29, 0.717) is 6.42 Å². The standard InChI is InChI=1S/C17H21NO4/c1-20-15-6-4-5-11-9-16(21-2)12(8-14(11)15)7-13(10-18)17(19)22-3/h4-6,8-9,13H,7,10,18H2,1-3H3. The molecule has 2 aromatic rings. The van der Waals surface area contributed by atoms with Gasteiger partial charge in [0.25, 0.3) is 0 Å². The van der Waals surface area contributed by atoms with Crippen molar-refractivity contribution in [3.63, 3.8) is 0 Å². The van der Waals surface area contributed by atoms with Crippen LogP contribution < -0.4 is 15.2 Å². The summed E-state index contributed by atoms with van der Waals surface area (Å²) < 4.78 is 15.6. The van der Waals surface area contributed by atoms with Crippen molar-refractivity contribution in [2.45, 2.75) is 6.42 Å². The van der Waals surface area contributed by atoms with Crippen molar-refractivity contribution < 1.29 is 19.0 Å². The Morgan fingerprint density at radius 1 is 1.14 bits per heavy atom. The van der Waals surface area contributed by atoms with Crippen LogP contribution in [0.3, 0.4) is 0 Å². The predicted octanol–water partition coefficient (Wildman–Crippen LogP) is 2.15. The van der Waals surface area contributed by atoms with E-state index in [1.54, 1.807) is 14.2 Å². The van der Waals surface area contributed by atoms with E-state index in [0.717, 1.165) is 27.8 Å². The van der Waals surface area contributed by atoms with E-state index in [2.05, 4.69) is 0 Å². The number of methoxy groups -OCH3 is 3. The molecular weight excluding hydrogens is 282 g/mol. The van der Waals surface area contributed by atoms with Crippen molar-refractivity contribution in [2.75, 3.05) is 27.9 Å². The van der Waals surface area contributed by atoms with E-state index in [9.17, 15) is 4.79 Å². The van der Waals surface area contributed by atoms with Gasteiger partial charge in [0.05, 0.1) is 27.2 Å². The Balaban J connectivity index is 2.49. The molecule has 0 spiro atoms. The van der Waals surface area contributed by atoms with Gasteiger partial charge in [0, 0.05) is 11.9 Å². The number of carbonyl (C=O) groups excluding carboxylic acids is 1. The number of rotatable bonds is 6. The minimum Gasteiger partial charge on any atom is -0.496 e. The molecule has 0 heterocycles. The smallest absolute Gasteiger partial charge is 0.310 e. The molecular formula is C17H21NO4. The van der Waals surface area contributed by atoms with Crippen molar-refractivity contribution in [2.24, 2.45) is 11.7 Å². The number of fused-ring (bicyclic) bond motifs is 1. The normalized spacial score (nSPS) is 12.0. The van der Waals surface area contributed by atoms with E-state index < -0.39 is 5.92 Å². The Morgan fingerprint density at radius 3 is 2.45 bits per heavy atom. The van der Waals surface area contributed by atoms with E-state index in [4.69, 9.17) is 19.9 Å². The molecule has 0 aliphatic rings. The highest BCUT2D eigenvalue weighted by atomic mass is 16.5. The minimum absolute atomic E-state index is 0.222. The molecule has 0 aliphatic heterocycles. The van der Waals surface area contributed by atoms with Gasteiger partial charge in [0.15, 0.2) is 0 Å². The summed E-state index contributed by atoms with van der Waals surface area (Å²) in [5.41, 5.74) is 6.59. The highest BCUT2D eigenvalue weighted by Crippen LogP contribution is 2.33. The summed E-state index contributed by atoms with van der Waals surface area (Å²) in [6, 6.07) is 9.75. The molecule has 0 saturated carbocycles. The molecule has 5 heteroatoms. The van der Waals surface area contributed by atoms with Crippen LogP contribution in [0, 0.1) is 5.92 Å². The highest BCUT2D eigenvalue weighted by molar-refractivity contribution is 5.90. The van der Waals surface area contributed by atoms with Crippen LogP contribution in [0.25, 0.3) is 10.8 Å². The number of carbonyl (C=O) groups is 1. The Kier molecular flexibility index (Phi) is 5.22. The number of hydrogen-bond donors (Lipinski definition) is 1. The first-order valence-corrected chi connectivity index (χ1v) is 7.06. The summed E-state index contributed by atoms with van der Waals surface area (Å²) in [5.74, 6) is 0.794. The zero-order chi connectivity index (χ0) is 16.1. The maximum atomic E-state index is 11.8. The van der Waals surface area contributed by atoms with Gasteiger partial charge in [0.1, 0.15) is 11.5 Å². The molecule has 5 nitrogen and oxygen atoms in total. The average Bonchev–Trinajstić information content (AvgIpc) is 2.57. The average molecular weight is 303 g/mol. The number of ether oxygens (including phenoxy) is 3.